The molecule has 0 aliphatic heterocycles. The molecule has 0 radical (unpaired) electrons. The highest BCUT2D eigenvalue weighted by Crippen LogP contribution is 2.36. The Morgan fingerprint density at radius 3 is 2.75 bits per heavy atom. The Kier molecular flexibility index (Phi) is 5.03. The summed E-state index contributed by atoms with van der Waals surface area (Å²) in [7, 11) is 3.52. The molecule has 0 spiro atoms. The van der Waals surface area contributed by atoms with Gasteiger partial charge in [0.25, 0.3) is 0 Å². The van der Waals surface area contributed by atoms with Gasteiger partial charge in [0.2, 0.25) is 0 Å². The van der Waals surface area contributed by atoms with E-state index in [-0.39, 0.29) is 0 Å². The van der Waals surface area contributed by atoms with Crippen molar-refractivity contribution in [2.24, 2.45) is 12.8 Å². The Morgan fingerprint density at radius 1 is 1.35 bits per heavy atom. The maximum Gasteiger partial charge on any atom is 0.175 e. The van der Waals surface area contributed by atoms with Gasteiger partial charge in [0.1, 0.15) is 0 Å². The summed E-state index contributed by atoms with van der Waals surface area (Å²) in [6.07, 6.45) is 4.61. The Hall–Kier alpha value is -1.53. The maximum atomic E-state index is 5.82. The van der Waals surface area contributed by atoms with Gasteiger partial charge in [-0.3, -0.25) is 4.68 Å². The number of benzene rings is 1. The van der Waals surface area contributed by atoms with E-state index in [9.17, 15) is 0 Å². The van der Waals surface area contributed by atoms with E-state index in [0.29, 0.717) is 24.7 Å². The smallest absolute Gasteiger partial charge is 0.175 e. The molecule has 0 saturated carbocycles. The van der Waals surface area contributed by atoms with Crippen LogP contribution in [-0.2, 0) is 20.0 Å². The van der Waals surface area contributed by atoms with E-state index in [2.05, 4.69) is 21.0 Å². The average Bonchev–Trinajstić information content (AvgIpc) is 2.85. The van der Waals surface area contributed by atoms with Crippen LogP contribution in [0.3, 0.4) is 0 Å². The normalized spacial score (nSPS) is 10.6. The van der Waals surface area contributed by atoms with Gasteiger partial charge in [-0.05, 0) is 39.2 Å². The zero-order valence-electron chi connectivity index (χ0n) is 11.6. The van der Waals surface area contributed by atoms with Crippen molar-refractivity contribution in [2.45, 2.75) is 13.0 Å². The molecule has 20 heavy (non-hydrogen) atoms. The fourth-order valence-corrected chi connectivity index (χ4v) is 2.51. The molecule has 2 N–H and O–H groups in total. The van der Waals surface area contributed by atoms with Crippen LogP contribution >= 0.6 is 15.9 Å². The van der Waals surface area contributed by atoms with Crippen molar-refractivity contribution in [3.63, 3.8) is 0 Å². The van der Waals surface area contributed by atoms with Gasteiger partial charge in [0.05, 0.1) is 24.4 Å². The number of ether oxygens (including phenoxy) is 2. The summed E-state index contributed by atoms with van der Waals surface area (Å²) in [5.41, 5.74) is 7.78. The van der Waals surface area contributed by atoms with Crippen LogP contribution in [0.4, 0.5) is 0 Å². The maximum absolute atomic E-state index is 5.82. The Labute approximate surface area is 126 Å². The molecule has 0 unspecified atom stereocenters. The molecule has 0 aliphatic rings. The first kappa shape index (κ1) is 14.9. The molecule has 5 nitrogen and oxygen atoms in total. The van der Waals surface area contributed by atoms with E-state index < -0.39 is 0 Å². The molecular formula is C14H18BrN3O2. The van der Waals surface area contributed by atoms with E-state index in [4.69, 9.17) is 15.2 Å². The number of halogens is 1. The van der Waals surface area contributed by atoms with Gasteiger partial charge in [-0.1, -0.05) is 0 Å². The van der Waals surface area contributed by atoms with Crippen molar-refractivity contribution < 1.29 is 9.47 Å². The Balaban J connectivity index is 2.05. The van der Waals surface area contributed by atoms with E-state index in [1.807, 2.05) is 31.6 Å². The lowest BCUT2D eigenvalue weighted by Gasteiger charge is -2.13. The number of rotatable bonds is 6. The van der Waals surface area contributed by atoms with Crippen LogP contribution in [0.25, 0.3) is 0 Å². The molecule has 0 saturated heterocycles. The zero-order valence-corrected chi connectivity index (χ0v) is 13.2. The molecular weight excluding hydrogens is 322 g/mol. The van der Waals surface area contributed by atoms with Crippen LogP contribution in [-0.4, -0.2) is 23.5 Å². The highest BCUT2D eigenvalue weighted by molar-refractivity contribution is 9.10. The van der Waals surface area contributed by atoms with Crippen molar-refractivity contribution in [1.29, 1.82) is 0 Å². The first-order valence-electron chi connectivity index (χ1n) is 6.31. The largest absolute Gasteiger partial charge is 0.493 e. The molecule has 1 aromatic heterocycles. The Morgan fingerprint density at radius 2 is 2.15 bits per heavy atom. The average molecular weight is 340 g/mol. The van der Waals surface area contributed by atoms with Gasteiger partial charge in [-0.25, -0.2) is 0 Å². The van der Waals surface area contributed by atoms with Crippen molar-refractivity contribution in [2.75, 3.05) is 13.7 Å². The van der Waals surface area contributed by atoms with Crippen LogP contribution in [0.5, 0.6) is 11.5 Å². The molecule has 108 valence electrons. The number of nitrogens with zero attached hydrogens (tertiary/aromatic N) is 2. The third kappa shape index (κ3) is 3.52. The molecule has 6 heteroatoms. The molecule has 0 aliphatic carbocycles. The number of hydrogen-bond donors (Lipinski definition) is 1. The lowest BCUT2D eigenvalue weighted by atomic mass is 10.2. The quantitative estimate of drug-likeness (QED) is 0.876. The number of methoxy groups -OCH3 is 1. The number of aryl methyl sites for hydroxylation is 1. The molecule has 2 rings (SSSR count). The van der Waals surface area contributed by atoms with E-state index in [1.165, 1.54) is 0 Å². The summed E-state index contributed by atoms with van der Waals surface area (Å²) in [6, 6.07) is 3.84. The monoisotopic (exact) mass is 339 g/mol. The fourth-order valence-electron chi connectivity index (χ4n) is 1.90. The summed E-state index contributed by atoms with van der Waals surface area (Å²) in [5, 5.41) is 4.13. The van der Waals surface area contributed by atoms with E-state index in [0.717, 1.165) is 22.0 Å². The van der Waals surface area contributed by atoms with E-state index in [1.54, 1.807) is 11.8 Å². The van der Waals surface area contributed by atoms with Crippen molar-refractivity contribution in [3.05, 3.63) is 40.1 Å². The SMILES string of the molecule is COc1cc(CN)cc(Br)c1OCCc1cnn(C)c1. The van der Waals surface area contributed by atoms with Gasteiger partial charge in [0, 0.05) is 26.2 Å². The van der Waals surface area contributed by atoms with Crippen molar-refractivity contribution >= 4 is 15.9 Å². The first-order valence-corrected chi connectivity index (χ1v) is 7.10. The molecule has 1 aromatic carbocycles. The summed E-state index contributed by atoms with van der Waals surface area (Å²) < 4.78 is 13.8. The number of nitrogens with two attached hydrogens (primary N) is 1. The van der Waals surface area contributed by atoms with Gasteiger partial charge in [-0.15, -0.1) is 0 Å². The number of hydrogen-bond acceptors (Lipinski definition) is 4. The molecule has 2 aromatic rings. The highest BCUT2D eigenvalue weighted by Gasteiger charge is 2.11. The van der Waals surface area contributed by atoms with Crippen LogP contribution in [0.15, 0.2) is 29.0 Å². The lowest BCUT2D eigenvalue weighted by molar-refractivity contribution is 0.295. The second-order valence-electron chi connectivity index (χ2n) is 4.43. The zero-order chi connectivity index (χ0) is 14.5. The summed E-state index contributed by atoms with van der Waals surface area (Å²) in [5.74, 6) is 1.39. The minimum Gasteiger partial charge on any atom is -0.493 e. The molecule has 0 amide bonds. The van der Waals surface area contributed by atoms with Gasteiger partial charge < -0.3 is 15.2 Å². The fraction of sp³-hybridized carbons (Fsp3) is 0.357. The number of aromatic nitrogens is 2. The predicted molar refractivity (Wildman–Crippen MR) is 81.0 cm³/mol. The second-order valence-corrected chi connectivity index (χ2v) is 5.29. The first-order chi connectivity index (χ1) is 9.63. The summed E-state index contributed by atoms with van der Waals surface area (Å²) >= 11 is 3.49. The summed E-state index contributed by atoms with van der Waals surface area (Å²) in [6.45, 7) is 1.02. The van der Waals surface area contributed by atoms with Crippen molar-refractivity contribution in [1.82, 2.24) is 9.78 Å². The standard InChI is InChI=1S/C14H18BrN3O2/c1-18-9-10(8-17-18)3-4-20-14-12(15)5-11(7-16)6-13(14)19-2/h5-6,8-9H,3-4,7,16H2,1-2H3. The Bertz CT molecular complexity index is 584. The minimum atomic E-state index is 0.463. The van der Waals surface area contributed by atoms with Crippen LogP contribution < -0.4 is 15.2 Å². The third-order valence-electron chi connectivity index (χ3n) is 2.92. The third-order valence-corrected chi connectivity index (χ3v) is 3.51. The lowest BCUT2D eigenvalue weighted by Crippen LogP contribution is -2.04. The minimum absolute atomic E-state index is 0.463. The van der Waals surface area contributed by atoms with Crippen LogP contribution in [0, 0.1) is 0 Å². The molecule has 1 heterocycles. The molecule has 0 bridgehead atoms. The second kappa shape index (κ2) is 6.76. The van der Waals surface area contributed by atoms with Gasteiger partial charge in [-0.2, -0.15) is 5.10 Å². The topological polar surface area (TPSA) is 62.3 Å². The van der Waals surface area contributed by atoms with E-state index >= 15 is 0 Å². The predicted octanol–water partition coefficient (Wildman–Crippen LogP) is 2.27. The van der Waals surface area contributed by atoms with Gasteiger partial charge in [0.15, 0.2) is 11.5 Å². The van der Waals surface area contributed by atoms with Crippen LogP contribution in [0.2, 0.25) is 0 Å². The van der Waals surface area contributed by atoms with Crippen molar-refractivity contribution in [3.8, 4) is 11.5 Å². The molecule has 0 atom stereocenters. The highest BCUT2D eigenvalue weighted by atomic mass is 79.9. The van der Waals surface area contributed by atoms with Gasteiger partial charge >= 0.3 is 0 Å². The van der Waals surface area contributed by atoms with Crippen LogP contribution in [0.1, 0.15) is 11.1 Å². The molecule has 0 fully saturated rings. The summed E-state index contributed by atoms with van der Waals surface area (Å²) in [4.78, 5) is 0.